The van der Waals surface area contributed by atoms with E-state index in [2.05, 4.69) is 27.7 Å². The van der Waals surface area contributed by atoms with Gasteiger partial charge in [0.25, 0.3) is 0 Å². The molecule has 5 heteroatoms. The first-order valence-electron chi connectivity index (χ1n) is 8.56. The zero-order valence-corrected chi connectivity index (χ0v) is 15.1. The van der Waals surface area contributed by atoms with Crippen LogP contribution in [0.3, 0.4) is 0 Å². The van der Waals surface area contributed by atoms with Crippen LogP contribution in [0.25, 0.3) is 0 Å². The van der Waals surface area contributed by atoms with Crippen LogP contribution >= 0.6 is 11.8 Å². The molecule has 2 fully saturated rings. The molecule has 1 unspecified atom stereocenters. The fourth-order valence-electron chi connectivity index (χ4n) is 3.68. The van der Waals surface area contributed by atoms with Gasteiger partial charge in [0.05, 0.1) is 24.9 Å². The molecule has 0 aromatic carbocycles. The molecule has 128 valence electrons. The summed E-state index contributed by atoms with van der Waals surface area (Å²) in [7, 11) is 0. The molecule has 2 aromatic heterocycles. The summed E-state index contributed by atoms with van der Waals surface area (Å²) >= 11 is 2.08. The molecule has 4 rings (SSSR count). The summed E-state index contributed by atoms with van der Waals surface area (Å²) in [5.41, 5.74) is 2.08. The van der Waals surface area contributed by atoms with E-state index < -0.39 is 0 Å². The summed E-state index contributed by atoms with van der Waals surface area (Å²) in [6, 6.07) is 10.2. The zero-order chi connectivity index (χ0) is 16.6. The Kier molecular flexibility index (Phi) is 4.41. The summed E-state index contributed by atoms with van der Waals surface area (Å²) in [6.45, 7) is 7.85. The van der Waals surface area contributed by atoms with Gasteiger partial charge in [0.2, 0.25) is 0 Å². The van der Waals surface area contributed by atoms with Crippen LogP contribution in [0, 0.1) is 13.8 Å². The number of ether oxygens (including phenoxy) is 1. The van der Waals surface area contributed by atoms with Crippen LogP contribution in [0.15, 0.2) is 34.7 Å². The molecular formula is C19H24N2O2S. The molecule has 4 nitrogen and oxygen atoms in total. The van der Waals surface area contributed by atoms with Gasteiger partial charge in [-0.3, -0.25) is 9.88 Å². The van der Waals surface area contributed by atoms with Crippen molar-refractivity contribution in [1.82, 2.24) is 9.88 Å². The molecule has 0 bridgehead atoms. The van der Waals surface area contributed by atoms with Gasteiger partial charge in [-0.15, -0.1) is 11.8 Å². The first-order valence-corrected chi connectivity index (χ1v) is 9.55. The van der Waals surface area contributed by atoms with Crippen molar-refractivity contribution in [2.45, 2.75) is 44.3 Å². The lowest BCUT2D eigenvalue weighted by molar-refractivity contribution is 0.0236. The predicted molar refractivity (Wildman–Crippen MR) is 96.1 cm³/mol. The molecular weight excluding hydrogens is 320 g/mol. The molecule has 0 saturated carbocycles. The number of furan rings is 1. The number of pyridine rings is 1. The van der Waals surface area contributed by atoms with Gasteiger partial charge in [0.15, 0.2) is 0 Å². The molecule has 0 amide bonds. The fourth-order valence-corrected chi connectivity index (χ4v) is 5.29. The van der Waals surface area contributed by atoms with Crippen molar-refractivity contribution in [1.29, 1.82) is 0 Å². The van der Waals surface area contributed by atoms with Crippen molar-refractivity contribution in [3.63, 3.8) is 0 Å². The van der Waals surface area contributed by atoms with Gasteiger partial charge in [0.1, 0.15) is 11.5 Å². The highest BCUT2D eigenvalue weighted by Gasteiger charge is 2.49. The second-order valence-electron chi connectivity index (χ2n) is 7.06. The lowest BCUT2D eigenvalue weighted by Crippen LogP contribution is -2.58. The zero-order valence-electron chi connectivity index (χ0n) is 14.3. The van der Waals surface area contributed by atoms with Crippen LogP contribution in [-0.2, 0) is 17.9 Å². The lowest BCUT2D eigenvalue weighted by Gasteiger charge is -2.47. The normalized spacial score (nSPS) is 22.8. The number of likely N-dealkylation sites (tertiary alicyclic amines) is 1. The van der Waals surface area contributed by atoms with E-state index in [1.54, 1.807) is 0 Å². The molecule has 1 atom stereocenters. The number of rotatable bonds is 5. The van der Waals surface area contributed by atoms with Crippen LogP contribution in [0.4, 0.5) is 0 Å². The third-order valence-corrected chi connectivity index (χ3v) is 6.36. The average molecular weight is 344 g/mol. The summed E-state index contributed by atoms with van der Waals surface area (Å²) in [4.78, 5) is 6.98. The Balaban J connectivity index is 1.24. The molecule has 2 aliphatic rings. The summed E-state index contributed by atoms with van der Waals surface area (Å²) in [6.07, 6.45) is 1.50. The highest BCUT2D eigenvalue weighted by molar-refractivity contribution is 8.01. The smallest absolute Gasteiger partial charge is 0.118 e. The fraction of sp³-hybridized carbons (Fsp3) is 0.526. The molecule has 2 aromatic rings. The van der Waals surface area contributed by atoms with E-state index in [4.69, 9.17) is 9.15 Å². The van der Waals surface area contributed by atoms with E-state index in [1.807, 2.05) is 38.1 Å². The third-order valence-electron chi connectivity index (χ3n) is 4.79. The van der Waals surface area contributed by atoms with Crippen molar-refractivity contribution in [3.05, 3.63) is 53.2 Å². The van der Waals surface area contributed by atoms with Crippen LogP contribution in [0.5, 0.6) is 0 Å². The minimum atomic E-state index is 0.352. The Morgan fingerprint density at radius 3 is 2.92 bits per heavy atom. The van der Waals surface area contributed by atoms with Gasteiger partial charge in [-0.1, -0.05) is 6.07 Å². The summed E-state index contributed by atoms with van der Waals surface area (Å²) < 4.78 is 12.2. The van der Waals surface area contributed by atoms with Gasteiger partial charge in [-0.05, 0) is 44.5 Å². The Hall–Kier alpha value is -1.30. The van der Waals surface area contributed by atoms with Crippen LogP contribution in [0.1, 0.15) is 29.3 Å². The maximum absolute atomic E-state index is 6.11. The van der Waals surface area contributed by atoms with Crippen molar-refractivity contribution < 1.29 is 9.15 Å². The van der Waals surface area contributed by atoms with Gasteiger partial charge in [-0.2, -0.15) is 0 Å². The standard InChI is InChI=1S/C19H24N2O2S/c1-14-4-3-5-16(20-14)10-22-18-8-19(24-11-18)12-21(13-19)9-17-7-6-15(2)23-17/h3-7,18H,8-13H2,1-2H3. The second kappa shape index (κ2) is 6.54. The topological polar surface area (TPSA) is 38.5 Å². The molecule has 1 spiro atoms. The van der Waals surface area contributed by atoms with E-state index in [-0.39, 0.29) is 0 Å². The quantitative estimate of drug-likeness (QED) is 0.829. The number of thioether (sulfide) groups is 1. The Bertz CT molecular complexity index is 709. The highest BCUT2D eigenvalue weighted by atomic mass is 32.2. The lowest BCUT2D eigenvalue weighted by atomic mass is 9.93. The minimum Gasteiger partial charge on any atom is -0.465 e. The van der Waals surface area contributed by atoms with Crippen molar-refractivity contribution >= 4 is 11.8 Å². The van der Waals surface area contributed by atoms with E-state index in [0.29, 0.717) is 17.5 Å². The average Bonchev–Trinajstić information content (AvgIpc) is 3.12. The van der Waals surface area contributed by atoms with Crippen molar-refractivity contribution in [3.8, 4) is 0 Å². The van der Waals surface area contributed by atoms with Crippen molar-refractivity contribution in [2.24, 2.45) is 0 Å². The largest absolute Gasteiger partial charge is 0.465 e. The number of nitrogens with zero attached hydrogens (tertiary/aromatic N) is 2. The van der Waals surface area contributed by atoms with Gasteiger partial charge >= 0.3 is 0 Å². The van der Waals surface area contributed by atoms with E-state index in [1.165, 1.54) is 0 Å². The first-order chi connectivity index (χ1) is 11.6. The first kappa shape index (κ1) is 16.2. The Morgan fingerprint density at radius 2 is 2.17 bits per heavy atom. The van der Waals surface area contributed by atoms with Crippen molar-refractivity contribution in [2.75, 3.05) is 18.8 Å². The highest BCUT2D eigenvalue weighted by Crippen LogP contribution is 2.46. The molecule has 4 heterocycles. The van der Waals surface area contributed by atoms with Gasteiger partial charge in [0, 0.05) is 29.3 Å². The third kappa shape index (κ3) is 3.53. The molecule has 0 radical (unpaired) electrons. The number of hydrogen-bond donors (Lipinski definition) is 0. The van der Waals surface area contributed by atoms with Gasteiger partial charge in [-0.25, -0.2) is 0 Å². The van der Waals surface area contributed by atoms with E-state index in [9.17, 15) is 0 Å². The summed E-state index contributed by atoms with van der Waals surface area (Å²) in [5, 5.41) is 0. The Morgan fingerprint density at radius 1 is 1.29 bits per heavy atom. The second-order valence-corrected chi connectivity index (χ2v) is 8.55. The van der Waals surface area contributed by atoms with E-state index in [0.717, 1.165) is 54.7 Å². The van der Waals surface area contributed by atoms with Crippen LogP contribution in [-0.4, -0.2) is 39.6 Å². The predicted octanol–water partition coefficient (Wildman–Crippen LogP) is 3.57. The monoisotopic (exact) mass is 344 g/mol. The Labute approximate surface area is 147 Å². The molecule has 0 aliphatic carbocycles. The van der Waals surface area contributed by atoms with Crippen LogP contribution in [0.2, 0.25) is 0 Å². The molecule has 2 saturated heterocycles. The van der Waals surface area contributed by atoms with Gasteiger partial charge < -0.3 is 9.15 Å². The molecule has 0 N–H and O–H groups in total. The van der Waals surface area contributed by atoms with Crippen LogP contribution < -0.4 is 0 Å². The maximum atomic E-state index is 6.11. The molecule has 2 aliphatic heterocycles. The SMILES string of the molecule is Cc1cccc(COC2CSC3(C2)CN(Cc2ccc(C)o2)C3)n1. The number of aryl methyl sites for hydroxylation is 2. The number of aromatic nitrogens is 1. The minimum absolute atomic E-state index is 0.352. The molecule has 24 heavy (non-hydrogen) atoms. The maximum Gasteiger partial charge on any atom is 0.118 e. The number of hydrogen-bond acceptors (Lipinski definition) is 5. The van der Waals surface area contributed by atoms with E-state index >= 15 is 0 Å². The summed E-state index contributed by atoms with van der Waals surface area (Å²) in [5.74, 6) is 3.16.